The Labute approximate surface area is 130 Å². The summed E-state index contributed by atoms with van der Waals surface area (Å²) in [5.74, 6) is 0.183. The average molecular weight is 298 g/mol. The van der Waals surface area contributed by atoms with Gasteiger partial charge in [0.2, 0.25) is 0 Å². The van der Waals surface area contributed by atoms with Gasteiger partial charge in [-0.3, -0.25) is 4.90 Å². The number of hydrogen-bond acceptors (Lipinski definition) is 4. The van der Waals surface area contributed by atoms with Gasteiger partial charge in [0.1, 0.15) is 0 Å². The smallest absolute Gasteiger partial charge is 0.0896 e. The normalized spacial score (nSPS) is 35.0. The molecule has 0 aliphatic carbocycles. The van der Waals surface area contributed by atoms with Crippen LogP contribution < -0.4 is 0 Å². The maximum Gasteiger partial charge on any atom is 0.0896 e. The van der Waals surface area contributed by atoms with Crippen molar-refractivity contribution >= 4 is 0 Å². The first kappa shape index (κ1) is 17.2. The van der Waals surface area contributed by atoms with Gasteiger partial charge < -0.3 is 14.7 Å². The Morgan fingerprint density at radius 1 is 1.10 bits per heavy atom. The number of rotatable bonds is 4. The first-order chi connectivity index (χ1) is 9.67. The molecule has 124 valence electrons. The van der Waals surface area contributed by atoms with Crippen LogP contribution in [0.5, 0.6) is 0 Å². The van der Waals surface area contributed by atoms with Gasteiger partial charge in [0, 0.05) is 44.7 Å². The van der Waals surface area contributed by atoms with Crippen LogP contribution in [0, 0.1) is 5.92 Å². The lowest BCUT2D eigenvalue weighted by atomic mass is 9.84. The molecule has 0 aromatic carbocycles. The molecule has 0 saturated carbocycles. The van der Waals surface area contributed by atoms with Crippen molar-refractivity contribution < 1.29 is 9.84 Å². The van der Waals surface area contributed by atoms with E-state index in [4.69, 9.17) is 4.74 Å². The number of piperazine rings is 1. The van der Waals surface area contributed by atoms with Gasteiger partial charge in [-0.05, 0) is 41.0 Å². The maximum atomic E-state index is 10.6. The van der Waals surface area contributed by atoms with Gasteiger partial charge in [-0.25, -0.2) is 0 Å². The van der Waals surface area contributed by atoms with Gasteiger partial charge in [-0.2, -0.15) is 0 Å². The van der Waals surface area contributed by atoms with Gasteiger partial charge in [0.25, 0.3) is 0 Å². The summed E-state index contributed by atoms with van der Waals surface area (Å²) >= 11 is 0. The minimum atomic E-state index is -0.438. The number of aliphatic hydroxyl groups excluding tert-OH is 1. The molecule has 0 amide bonds. The van der Waals surface area contributed by atoms with Crippen molar-refractivity contribution in [1.82, 2.24) is 9.80 Å². The SMILES string of the molecule is CCC(C)N1CCN(CC2C(O)C(C)(C)OC2(C)C)CC1. The van der Waals surface area contributed by atoms with E-state index in [0.29, 0.717) is 6.04 Å². The predicted octanol–water partition coefficient (Wildman–Crippen LogP) is 1.97. The number of nitrogens with zero attached hydrogens (tertiary/aromatic N) is 2. The van der Waals surface area contributed by atoms with Gasteiger partial charge in [-0.1, -0.05) is 6.92 Å². The highest BCUT2D eigenvalue weighted by Gasteiger charge is 2.53. The van der Waals surface area contributed by atoms with Crippen molar-refractivity contribution in [3.05, 3.63) is 0 Å². The van der Waals surface area contributed by atoms with Crippen LogP contribution in [0.2, 0.25) is 0 Å². The predicted molar refractivity (Wildman–Crippen MR) is 86.5 cm³/mol. The third kappa shape index (κ3) is 3.61. The van der Waals surface area contributed by atoms with E-state index < -0.39 is 5.60 Å². The van der Waals surface area contributed by atoms with Crippen molar-refractivity contribution in [2.24, 2.45) is 5.92 Å². The fourth-order valence-electron chi connectivity index (χ4n) is 3.92. The monoisotopic (exact) mass is 298 g/mol. The molecule has 2 heterocycles. The highest BCUT2D eigenvalue weighted by atomic mass is 16.5. The van der Waals surface area contributed by atoms with Gasteiger partial charge in [-0.15, -0.1) is 0 Å². The van der Waals surface area contributed by atoms with E-state index in [0.717, 1.165) is 32.7 Å². The molecule has 3 unspecified atom stereocenters. The highest BCUT2D eigenvalue weighted by molar-refractivity contribution is 5.02. The zero-order chi connectivity index (χ0) is 15.8. The van der Waals surface area contributed by atoms with Crippen molar-refractivity contribution in [3.8, 4) is 0 Å². The lowest BCUT2D eigenvalue weighted by molar-refractivity contribution is -0.0915. The molecule has 0 aromatic rings. The van der Waals surface area contributed by atoms with Gasteiger partial charge in [0.15, 0.2) is 0 Å². The summed E-state index contributed by atoms with van der Waals surface area (Å²) in [6.07, 6.45) is 0.830. The summed E-state index contributed by atoms with van der Waals surface area (Å²) < 4.78 is 6.09. The second-order valence-corrected chi connectivity index (χ2v) is 7.95. The maximum absolute atomic E-state index is 10.6. The molecule has 1 N–H and O–H groups in total. The zero-order valence-electron chi connectivity index (χ0n) is 14.7. The molecule has 0 bridgehead atoms. The molecular formula is C17H34N2O2. The highest BCUT2D eigenvalue weighted by Crippen LogP contribution is 2.42. The van der Waals surface area contributed by atoms with E-state index in [1.807, 2.05) is 13.8 Å². The van der Waals surface area contributed by atoms with Crippen LogP contribution >= 0.6 is 0 Å². The summed E-state index contributed by atoms with van der Waals surface area (Å²) in [6, 6.07) is 0.683. The Hall–Kier alpha value is -0.160. The molecular weight excluding hydrogens is 264 g/mol. The third-order valence-electron chi connectivity index (χ3n) is 5.59. The molecule has 4 heteroatoms. The van der Waals surface area contributed by atoms with E-state index in [1.54, 1.807) is 0 Å². The lowest BCUT2D eigenvalue weighted by Crippen LogP contribution is -2.52. The summed E-state index contributed by atoms with van der Waals surface area (Å²) in [4.78, 5) is 5.08. The zero-order valence-corrected chi connectivity index (χ0v) is 14.7. The number of hydrogen-bond donors (Lipinski definition) is 1. The van der Waals surface area contributed by atoms with E-state index in [9.17, 15) is 5.11 Å². The molecule has 2 aliphatic rings. The van der Waals surface area contributed by atoms with Crippen molar-refractivity contribution in [2.75, 3.05) is 32.7 Å². The van der Waals surface area contributed by atoms with Crippen LogP contribution in [0.1, 0.15) is 48.0 Å². The minimum Gasteiger partial charge on any atom is -0.390 e. The standard InChI is InChI=1S/C17H34N2O2/c1-7-13(2)19-10-8-18(9-11-19)12-14-15(20)17(5,6)21-16(14,3)4/h13-15,20H,7-12H2,1-6H3. The average Bonchev–Trinajstić information content (AvgIpc) is 2.57. The Bertz CT molecular complexity index is 349. The lowest BCUT2D eigenvalue weighted by Gasteiger charge is -2.40. The van der Waals surface area contributed by atoms with Crippen molar-refractivity contribution in [1.29, 1.82) is 0 Å². The fraction of sp³-hybridized carbons (Fsp3) is 1.00. The van der Waals surface area contributed by atoms with E-state index in [-0.39, 0.29) is 17.6 Å². The molecule has 0 radical (unpaired) electrons. The quantitative estimate of drug-likeness (QED) is 0.861. The molecule has 3 atom stereocenters. The van der Waals surface area contributed by atoms with Crippen LogP contribution in [0.3, 0.4) is 0 Å². The van der Waals surface area contributed by atoms with Crippen LogP contribution in [-0.4, -0.2) is 71.0 Å². The Morgan fingerprint density at radius 3 is 2.10 bits per heavy atom. The molecule has 2 fully saturated rings. The van der Waals surface area contributed by atoms with Gasteiger partial charge in [0.05, 0.1) is 17.3 Å². The first-order valence-electron chi connectivity index (χ1n) is 8.52. The number of ether oxygens (including phenoxy) is 1. The molecule has 0 spiro atoms. The van der Waals surface area contributed by atoms with Crippen LogP contribution in [0.25, 0.3) is 0 Å². The molecule has 21 heavy (non-hydrogen) atoms. The molecule has 2 saturated heterocycles. The Kier molecular flexibility index (Phi) is 5.04. The largest absolute Gasteiger partial charge is 0.390 e. The van der Waals surface area contributed by atoms with Crippen molar-refractivity contribution in [3.63, 3.8) is 0 Å². The van der Waals surface area contributed by atoms with Gasteiger partial charge >= 0.3 is 0 Å². The van der Waals surface area contributed by atoms with E-state index >= 15 is 0 Å². The fourth-order valence-corrected chi connectivity index (χ4v) is 3.92. The van der Waals surface area contributed by atoms with Crippen LogP contribution in [-0.2, 0) is 4.74 Å². The summed E-state index contributed by atoms with van der Waals surface area (Å²) in [7, 11) is 0. The van der Waals surface area contributed by atoms with Crippen LogP contribution in [0.15, 0.2) is 0 Å². The second kappa shape index (κ2) is 6.15. The van der Waals surface area contributed by atoms with Crippen molar-refractivity contribution in [2.45, 2.75) is 71.3 Å². The molecule has 0 aromatic heterocycles. The van der Waals surface area contributed by atoms with Crippen LogP contribution in [0.4, 0.5) is 0 Å². The Balaban J connectivity index is 1.91. The first-order valence-corrected chi connectivity index (χ1v) is 8.52. The molecule has 2 aliphatic heterocycles. The third-order valence-corrected chi connectivity index (χ3v) is 5.59. The topological polar surface area (TPSA) is 35.9 Å². The molecule has 2 rings (SSSR count). The molecule has 4 nitrogen and oxygen atoms in total. The summed E-state index contributed by atoms with van der Waals surface area (Å²) in [5, 5.41) is 10.6. The Morgan fingerprint density at radius 2 is 1.67 bits per heavy atom. The second-order valence-electron chi connectivity index (χ2n) is 7.95. The summed E-state index contributed by atoms with van der Waals surface area (Å²) in [6.45, 7) is 18.2. The minimum absolute atomic E-state index is 0.183. The van der Waals surface area contributed by atoms with E-state index in [1.165, 1.54) is 6.42 Å². The van der Waals surface area contributed by atoms with E-state index in [2.05, 4.69) is 37.5 Å². The number of aliphatic hydroxyl groups is 1. The summed E-state index contributed by atoms with van der Waals surface area (Å²) in [5.41, 5.74) is -0.691.